The van der Waals surface area contributed by atoms with Crippen molar-refractivity contribution in [2.75, 3.05) is 19.7 Å². The summed E-state index contributed by atoms with van der Waals surface area (Å²) in [7, 11) is 0. The van der Waals surface area contributed by atoms with E-state index in [4.69, 9.17) is 9.47 Å². The molecule has 1 fully saturated rings. The Labute approximate surface area is 205 Å². The minimum atomic E-state index is -1.01. The first-order valence-corrected chi connectivity index (χ1v) is 11.9. The molecule has 1 saturated heterocycles. The van der Waals surface area contributed by atoms with E-state index >= 15 is 0 Å². The zero-order chi connectivity index (χ0) is 25.3. The number of carboxylic acid groups (broad SMARTS) is 1. The first-order valence-electron chi connectivity index (χ1n) is 11.9. The molecule has 1 aliphatic heterocycles. The number of ether oxygens (including phenoxy) is 2. The average molecular weight is 481 g/mol. The van der Waals surface area contributed by atoms with Crippen LogP contribution in [0.2, 0.25) is 0 Å². The Bertz CT molecular complexity index is 1080. The summed E-state index contributed by atoms with van der Waals surface area (Å²) in [5.41, 5.74) is 3.58. The average Bonchev–Trinajstić information content (AvgIpc) is 3.32. The van der Waals surface area contributed by atoms with Gasteiger partial charge in [-0.15, -0.1) is 0 Å². The Morgan fingerprint density at radius 1 is 1.00 bits per heavy atom. The van der Waals surface area contributed by atoms with Crippen LogP contribution in [0, 0.1) is 5.92 Å². The summed E-state index contributed by atoms with van der Waals surface area (Å²) in [5, 5.41) is 9.40. The topological polar surface area (TPSA) is 96.4 Å². The van der Waals surface area contributed by atoms with Gasteiger partial charge in [-0.2, -0.15) is 0 Å². The van der Waals surface area contributed by atoms with Crippen molar-refractivity contribution in [1.29, 1.82) is 0 Å². The number of fused-ring (bicyclic) bond motifs is 3. The number of rotatable bonds is 4. The van der Waals surface area contributed by atoms with E-state index in [1.54, 1.807) is 20.8 Å². The first-order chi connectivity index (χ1) is 16.5. The highest BCUT2D eigenvalue weighted by Gasteiger charge is 2.38. The number of likely N-dealkylation sites (tertiary alicyclic amines) is 1. The van der Waals surface area contributed by atoms with Gasteiger partial charge in [0, 0.05) is 25.0 Å². The van der Waals surface area contributed by atoms with Crippen LogP contribution in [-0.2, 0) is 9.47 Å². The molecule has 186 valence electrons. The Kier molecular flexibility index (Phi) is 6.74. The predicted octanol–water partition coefficient (Wildman–Crippen LogP) is 5.56. The summed E-state index contributed by atoms with van der Waals surface area (Å²) in [5.74, 6) is -0.338. The largest absolute Gasteiger partial charge is 0.465 e. The molecule has 2 atom stereocenters. The van der Waals surface area contributed by atoms with Crippen LogP contribution >= 0.6 is 0 Å². The summed E-state index contributed by atoms with van der Waals surface area (Å²) in [6.07, 6.45) is -2.05. The number of imide groups is 1. The molecule has 0 aromatic heterocycles. The number of carbonyl (C=O) groups excluding carboxylic acids is 2. The van der Waals surface area contributed by atoms with Crippen molar-refractivity contribution in [2.24, 2.45) is 5.92 Å². The van der Waals surface area contributed by atoms with Crippen LogP contribution in [0.25, 0.3) is 11.1 Å². The van der Waals surface area contributed by atoms with Crippen molar-refractivity contribution in [3.8, 4) is 11.1 Å². The van der Waals surface area contributed by atoms with E-state index in [0.717, 1.165) is 27.2 Å². The Hall–Kier alpha value is -3.55. The lowest BCUT2D eigenvalue weighted by atomic mass is 9.98. The number of carbonyl (C=O) groups is 3. The number of amides is 3. The fourth-order valence-electron chi connectivity index (χ4n) is 5.01. The van der Waals surface area contributed by atoms with Gasteiger partial charge in [-0.25, -0.2) is 19.3 Å². The zero-order valence-corrected chi connectivity index (χ0v) is 20.6. The zero-order valence-electron chi connectivity index (χ0n) is 20.6. The maximum Gasteiger partial charge on any atom is 0.419 e. The van der Waals surface area contributed by atoms with E-state index in [1.165, 1.54) is 4.90 Å². The van der Waals surface area contributed by atoms with Gasteiger partial charge in [0.1, 0.15) is 12.2 Å². The Morgan fingerprint density at radius 3 is 2.09 bits per heavy atom. The minimum absolute atomic E-state index is 0.0275. The van der Waals surface area contributed by atoms with Gasteiger partial charge in [0.2, 0.25) is 0 Å². The van der Waals surface area contributed by atoms with Crippen LogP contribution in [-0.4, -0.2) is 64.5 Å². The van der Waals surface area contributed by atoms with Crippen molar-refractivity contribution in [1.82, 2.24) is 9.80 Å². The second kappa shape index (κ2) is 9.60. The van der Waals surface area contributed by atoms with Crippen molar-refractivity contribution in [2.45, 2.75) is 51.7 Å². The third-order valence-electron chi connectivity index (χ3n) is 6.52. The summed E-state index contributed by atoms with van der Waals surface area (Å²) in [6, 6.07) is 15.9. The van der Waals surface area contributed by atoms with Gasteiger partial charge in [-0.05, 0) is 62.3 Å². The molecule has 0 saturated carbocycles. The van der Waals surface area contributed by atoms with Crippen LogP contribution in [0.4, 0.5) is 14.4 Å². The normalized spacial score (nSPS) is 19.1. The maximum atomic E-state index is 13.2. The van der Waals surface area contributed by atoms with Gasteiger partial charge in [0.15, 0.2) is 0 Å². The molecular formula is C27H32N2O6. The van der Waals surface area contributed by atoms with Crippen LogP contribution in [0.5, 0.6) is 0 Å². The van der Waals surface area contributed by atoms with Gasteiger partial charge in [-0.1, -0.05) is 48.5 Å². The van der Waals surface area contributed by atoms with Crippen LogP contribution in [0.15, 0.2) is 48.5 Å². The molecule has 4 rings (SSSR count). The maximum absolute atomic E-state index is 13.2. The Morgan fingerprint density at radius 2 is 1.57 bits per heavy atom. The number of nitrogens with zero attached hydrogens (tertiary/aromatic N) is 2. The monoisotopic (exact) mass is 480 g/mol. The number of hydrogen-bond acceptors (Lipinski definition) is 5. The molecule has 2 aliphatic rings. The van der Waals surface area contributed by atoms with Crippen molar-refractivity contribution >= 4 is 18.3 Å². The third-order valence-corrected chi connectivity index (χ3v) is 6.52. The molecule has 2 aromatic carbocycles. The lowest BCUT2D eigenvalue weighted by Gasteiger charge is -2.27. The quantitative estimate of drug-likeness (QED) is 0.615. The molecule has 8 heteroatoms. The molecule has 2 aromatic rings. The summed E-state index contributed by atoms with van der Waals surface area (Å²) >= 11 is 0. The van der Waals surface area contributed by atoms with Crippen LogP contribution in [0.3, 0.4) is 0 Å². The summed E-state index contributed by atoms with van der Waals surface area (Å²) < 4.78 is 11.2. The SMILES string of the molecule is C[C@@H]1C[C@@H](CN(C(=O)OCC2c3ccccc3-c3ccccc32)C(=O)OC(C)(C)C)CN1C(=O)O. The highest BCUT2D eigenvalue weighted by Crippen LogP contribution is 2.44. The number of benzene rings is 2. The van der Waals surface area contributed by atoms with E-state index in [-0.39, 0.29) is 37.6 Å². The molecule has 1 heterocycles. The second-order valence-electron chi connectivity index (χ2n) is 10.3. The third kappa shape index (κ3) is 5.26. The van der Waals surface area contributed by atoms with Crippen LogP contribution < -0.4 is 0 Å². The molecule has 8 nitrogen and oxygen atoms in total. The first kappa shape index (κ1) is 24.6. The van der Waals surface area contributed by atoms with E-state index in [0.29, 0.717) is 6.42 Å². The van der Waals surface area contributed by atoms with Crippen molar-refractivity contribution in [3.63, 3.8) is 0 Å². The minimum Gasteiger partial charge on any atom is -0.465 e. The van der Waals surface area contributed by atoms with Crippen molar-refractivity contribution in [3.05, 3.63) is 59.7 Å². The van der Waals surface area contributed by atoms with Gasteiger partial charge < -0.3 is 19.5 Å². The molecule has 0 radical (unpaired) electrons. The van der Waals surface area contributed by atoms with E-state index < -0.39 is 23.9 Å². The number of hydrogen-bond donors (Lipinski definition) is 1. The summed E-state index contributed by atoms with van der Waals surface area (Å²) in [6.45, 7) is 7.35. The summed E-state index contributed by atoms with van der Waals surface area (Å²) in [4.78, 5) is 39.9. The van der Waals surface area contributed by atoms with Gasteiger partial charge in [-0.3, -0.25) is 0 Å². The fraction of sp³-hybridized carbons (Fsp3) is 0.444. The van der Waals surface area contributed by atoms with E-state index in [1.807, 2.05) is 43.3 Å². The molecule has 35 heavy (non-hydrogen) atoms. The molecule has 0 unspecified atom stereocenters. The molecule has 1 N–H and O–H groups in total. The molecule has 1 aliphatic carbocycles. The van der Waals surface area contributed by atoms with Crippen LogP contribution in [0.1, 0.15) is 51.2 Å². The van der Waals surface area contributed by atoms with E-state index in [9.17, 15) is 19.5 Å². The lowest BCUT2D eigenvalue weighted by molar-refractivity contribution is 0.0190. The standard InChI is InChI=1S/C27H32N2O6/c1-17-13-18(14-28(17)24(30)31)15-29(26(33)35-27(2,3)4)25(32)34-16-23-21-11-7-5-9-19(21)20-10-6-8-12-22(20)23/h5-12,17-18,23H,13-16H2,1-4H3,(H,30,31)/t17-,18-/m1/s1. The lowest BCUT2D eigenvalue weighted by Crippen LogP contribution is -2.44. The Balaban J connectivity index is 1.51. The van der Waals surface area contributed by atoms with Gasteiger partial charge >= 0.3 is 18.3 Å². The smallest absolute Gasteiger partial charge is 0.419 e. The molecular weight excluding hydrogens is 448 g/mol. The molecule has 0 bridgehead atoms. The van der Waals surface area contributed by atoms with E-state index in [2.05, 4.69) is 12.1 Å². The molecule has 3 amide bonds. The highest BCUT2D eigenvalue weighted by molar-refractivity contribution is 5.88. The predicted molar refractivity (Wildman–Crippen MR) is 130 cm³/mol. The fourth-order valence-corrected chi connectivity index (χ4v) is 5.01. The molecule has 0 spiro atoms. The van der Waals surface area contributed by atoms with Gasteiger partial charge in [0.25, 0.3) is 0 Å². The second-order valence-corrected chi connectivity index (χ2v) is 10.3. The van der Waals surface area contributed by atoms with Crippen molar-refractivity contribution < 1.29 is 29.0 Å². The highest BCUT2D eigenvalue weighted by atomic mass is 16.6. The van der Waals surface area contributed by atoms with Gasteiger partial charge in [0.05, 0.1) is 0 Å².